The fourth-order valence-electron chi connectivity index (χ4n) is 2.84. The number of hydrogen-bond acceptors (Lipinski definition) is 6. The average Bonchev–Trinajstić information content (AvgIpc) is 3.46. The first kappa shape index (κ1) is 22.2. The first-order valence-corrected chi connectivity index (χ1v) is 10.4. The summed E-state index contributed by atoms with van der Waals surface area (Å²) >= 11 is 1.35. The van der Waals surface area contributed by atoms with E-state index in [0.717, 1.165) is 18.2 Å². The minimum absolute atomic E-state index is 0.314. The summed E-state index contributed by atoms with van der Waals surface area (Å²) in [7, 11) is 0. The van der Waals surface area contributed by atoms with Crippen LogP contribution in [-0.4, -0.2) is 32.7 Å². The molecule has 1 amide bonds. The summed E-state index contributed by atoms with van der Waals surface area (Å²) in [4.78, 5) is 29.8. The Hall–Kier alpha value is -3.99. The Kier molecular flexibility index (Phi) is 6.22. The Bertz CT molecular complexity index is 1290. The molecule has 0 bridgehead atoms. The second kappa shape index (κ2) is 9.25. The Morgan fingerprint density at radius 2 is 1.73 bits per heavy atom. The Morgan fingerprint density at radius 3 is 2.36 bits per heavy atom. The molecule has 1 unspecified atom stereocenters. The van der Waals surface area contributed by atoms with Crippen molar-refractivity contribution in [3.63, 3.8) is 0 Å². The van der Waals surface area contributed by atoms with Crippen molar-refractivity contribution >= 4 is 28.9 Å². The number of aromatic nitrogens is 3. The van der Waals surface area contributed by atoms with E-state index in [4.69, 9.17) is 4.74 Å². The minimum atomic E-state index is -1.40. The third kappa shape index (κ3) is 4.77. The van der Waals surface area contributed by atoms with Crippen molar-refractivity contribution in [1.29, 1.82) is 0 Å². The van der Waals surface area contributed by atoms with Crippen LogP contribution >= 0.6 is 11.3 Å². The van der Waals surface area contributed by atoms with Gasteiger partial charge in [0.1, 0.15) is 23.1 Å². The van der Waals surface area contributed by atoms with E-state index in [1.807, 2.05) is 5.38 Å². The Labute approximate surface area is 189 Å². The molecule has 33 heavy (non-hydrogen) atoms. The predicted molar refractivity (Wildman–Crippen MR) is 114 cm³/mol. The number of nitrogens with one attached hydrogen (secondary N) is 1. The maximum absolute atomic E-state index is 13.8. The molecular weight excluding hydrogens is 457 g/mol. The largest absolute Gasteiger partial charge is 0.447 e. The highest BCUT2D eigenvalue weighted by Gasteiger charge is 2.26. The van der Waals surface area contributed by atoms with E-state index in [0.29, 0.717) is 16.4 Å². The van der Waals surface area contributed by atoms with Gasteiger partial charge in [0.05, 0.1) is 10.6 Å². The Morgan fingerprint density at radius 1 is 1.03 bits per heavy atom. The molecule has 0 aliphatic carbocycles. The average molecular weight is 472 g/mol. The molecule has 7 nitrogen and oxygen atoms in total. The van der Waals surface area contributed by atoms with Gasteiger partial charge in [-0.05, 0) is 54.8 Å². The fourth-order valence-corrected chi connectivity index (χ4v) is 3.53. The fraction of sp³-hybridized carbons (Fsp3) is 0.0909. The van der Waals surface area contributed by atoms with Gasteiger partial charge < -0.3 is 10.1 Å². The third-order valence-corrected chi connectivity index (χ3v) is 5.33. The van der Waals surface area contributed by atoms with Crippen LogP contribution in [0.5, 0.6) is 0 Å². The molecule has 0 radical (unpaired) electrons. The normalized spacial score (nSPS) is 11.8. The summed E-state index contributed by atoms with van der Waals surface area (Å²) in [5.41, 5.74) is -0.198. The quantitative estimate of drug-likeness (QED) is 0.415. The third-order valence-electron chi connectivity index (χ3n) is 4.47. The molecule has 1 atom stereocenters. The van der Waals surface area contributed by atoms with Crippen LogP contribution in [0.3, 0.4) is 0 Å². The highest BCUT2D eigenvalue weighted by molar-refractivity contribution is 7.13. The number of esters is 1. The van der Waals surface area contributed by atoms with Gasteiger partial charge in [0.2, 0.25) is 0 Å². The molecule has 168 valence electrons. The van der Waals surface area contributed by atoms with Crippen molar-refractivity contribution in [2.45, 2.75) is 13.0 Å². The molecule has 0 fully saturated rings. The minimum Gasteiger partial charge on any atom is -0.447 e. The first-order valence-electron chi connectivity index (χ1n) is 9.56. The predicted octanol–water partition coefficient (Wildman–Crippen LogP) is 4.60. The second-order valence-electron chi connectivity index (χ2n) is 6.76. The molecule has 11 heteroatoms. The van der Waals surface area contributed by atoms with Crippen LogP contribution in [0.25, 0.3) is 16.4 Å². The highest BCUT2D eigenvalue weighted by Crippen LogP contribution is 2.26. The van der Waals surface area contributed by atoms with Gasteiger partial charge in [0.25, 0.3) is 11.7 Å². The molecule has 0 aliphatic heterocycles. The number of halogens is 3. The number of rotatable bonds is 6. The summed E-state index contributed by atoms with van der Waals surface area (Å²) in [5.74, 6) is -4.38. The van der Waals surface area contributed by atoms with Gasteiger partial charge >= 0.3 is 5.97 Å². The highest BCUT2D eigenvalue weighted by atomic mass is 32.1. The van der Waals surface area contributed by atoms with Crippen molar-refractivity contribution in [2.24, 2.45) is 0 Å². The molecule has 0 saturated heterocycles. The topological polar surface area (TPSA) is 86.1 Å². The smallest absolute Gasteiger partial charge is 0.379 e. The van der Waals surface area contributed by atoms with E-state index in [1.165, 1.54) is 47.2 Å². The van der Waals surface area contributed by atoms with Crippen molar-refractivity contribution in [1.82, 2.24) is 14.8 Å². The number of nitrogens with zero attached hydrogens (tertiary/aromatic N) is 3. The number of amides is 1. The molecule has 2 heterocycles. The van der Waals surface area contributed by atoms with Crippen molar-refractivity contribution < 1.29 is 27.5 Å². The molecule has 4 rings (SSSR count). The monoisotopic (exact) mass is 472 g/mol. The number of hydrogen-bond donors (Lipinski definition) is 1. The van der Waals surface area contributed by atoms with Crippen LogP contribution in [-0.2, 0) is 9.53 Å². The number of ether oxygens (including phenoxy) is 1. The lowest BCUT2D eigenvalue weighted by Gasteiger charge is -2.13. The number of para-hydroxylation sites is 1. The van der Waals surface area contributed by atoms with Crippen LogP contribution in [0.15, 0.2) is 60.0 Å². The summed E-state index contributed by atoms with van der Waals surface area (Å²) in [6.07, 6.45) is -1.40. The summed E-state index contributed by atoms with van der Waals surface area (Å²) < 4.78 is 47.3. The lowest BCUT2D eigenvalue weighted by Crippen LogP contribution is -2.31. The van der Waals surface area contributed by atoms with Gasteiger partial charge in [-0.15, -0.1) is 16.4 Å². The summed E-state index contributed by atoms with van der Waals surface area (Å²) in [6.45, 7) is 1.24. The van der Waals surface area contributed by atoms with Gasteiger partial charge in [0.15, 0.2) is 11.9 Å². The maximum atomic E-state index is 13.8. The number of thiophene rings is 1. The van der Waals surface area contributed by atoms with Crippen LogP contribution in [0, 0.1) is 17.5 Å². The SMILES string of the molecule is CC(OC(=O)c1nc(-c2cccs2)n(-c2ccc(F)cc2)n1)C(=O)Nc1c(F)cccc1F. The van der Waals surface area contributed by atoms with Crippen LogP contribution in [0.4, 0.5) is 18.9 Å². The molecule has 0 saturated carbocycles. The van der Waals surface area contributed by atoms with E-state index in [-0.39, 0.29) is 5.82 Å². The number of benzene rings is 2. The Balaban J connectivity index is 1.56. The molecule has 4 aromatic rings. The van der Waals surface area contributed by atoms with Gasteiger partial charge in [-0.3, -0.25) is 4.79 Å². The van der Waals surface area contributed by atoms with Crippen LogP contribution < -0.4 is 5.32 Å². The van der Waals surface area contributed by atoms with Crippen LogP contribution in [0.1, 0.15) is 17.5 Å². The molecule has 2 aromatic carbocycles. The summed E-state index contributed by atoms with van der Waals surface area (Å²) in [5, 5.41) is 8.02. The van der Waals surface area contributed by atoms with Gasteiger partial charge in [-0.25, -0.2) is 22.6 Å². The van der Waals surface area contributed by atoms with Crippen molar-refractivity contribution in [2.75, 3.05) is 5.32 Å². The zero-order valence-electron chi connectivity index (χ0n) is 17.0. The molecule has 1 N–H and O–H groups in total. The van der Waals surface area contributed by atoms with E-state index >= 15 is 0 Å². The lowest BCUT2D eigenvalue weighted by molar-refractivity contribution is -0.123. The zero-order chi connectivity index (χ0) is 23.5. The van der Waals surface area contributed by atoms with Gasteiger partial charge in [-0.2, -0.15) is 4.98 Å². The van der Waals surface area contributed by atoms with E-state index in [9.17, 15) is 22.8 Å². The number of carbonyl (C=O) groups excluding carboxylic acids is 2. The van der Waals surface area contributed by atoms with Gasteiger partial charge in [0, 0.05) is 0 Å². The molecule has 0 spiro atoms. The maximum Gasteiger partial charge on any atom is 0.379 e. The van der Waals surface area contributed by atoms with E-state index < -0.39 is 41.1 Å². The van der Waals surface area contributed by atoms with Gasteiger partial charge in [-0.1, -0.05) is 12.1 Å². The molecular formula is C22H15F3N4O3S. The van der Waals surface area contributed by atoms with E-state index in [2.05, 4.69) is 15.4 Å². The zero-order valence-corrected chi connectivity index (χ0v) is 17.8. The lowest BCUT2D eigenvalue weighted by atomic mass is 10.2. The molecule has 0 aliphatic rings. The summed E-state index contributed by atoms with van der Waals surface area (Å²) in [6, 6.07) is 12.1. The number of anilines is 1. The van der Waals surface area contributed by atoms with Crippen molar-refractivity contribution in [3.05, 3.63) is 83.3 Å². The van der Waals surface area contributed by atoms with Crippen molar-refractivity contribution in [3.8, 4) is 16.4 Å². The van der Waals surface area contributed by atoms with E-state index in [1.54, 1.807) is 12.1 Å². The second-order valence-corrected chi connectivity index (χ2v) is 7.71. The number of carbonyl (C=O) groups is 2. The first-order chi connectivity index (χ1) is 15.8. The standard InChI is InChI=1S/C22H15F3N4O3S/c1-12(21(30)26-18-15(24)4-2-5-16(18)25)32-22(31)19-27-20(17-6-3-11-33-17)29(28-19)14-9-7-13(23)8-10-14/h2-12H,1H3,(H,26,30). The molecule has 2 aromatic heterocycles. The van der Waals surface area contributed by atoms with Crippen LogP contribution in [0.2, 0.25) is 0 Å².